The molecule has 2 heterocycles. The van der Waals surface area contributed by atoms with E-state index in [4.69, 9.17) is 4.74 Å². The first-order chi connectivity index (χ1) is 12.2. The molecule has 0 spiro atoms. The predicted molar refractivity (Wildman–Crippen MR) is 96.5 cm³/mol. The highest BCUT2D eigenvalue weighted by atomic mass is 16.5. The lowest BCUT2D eigenvalue weighted by molar-refractivity contribution is 0.0520. The third-order valence-corrected chi connectivity index (χ3v) is 4.38. The monoisotopic (exact) mass is 334 g/mol. The maximum absolute atomic E-state index is 12.1. The molecular weight excluding hydrogens is 316 g/mol. The Morgan fingerprint density at radius 3 is 2.68 bits per heavy atom. The highest BCUT2D eigenvalue weighted by Crippen LogP contribution is 2.32. The molecule has 1 N–H and O–H groups in total. The lowest BCUT2D eigenvalue weighted by Crippen LogP contribution is -2.06. The van der Waals surface area contributed by atoms with Crippen molar-refractivity contribution in [2.24, 2.45) is 0 Å². The van der Waals surface area contributed by atoms with Gasteiger partial charge in [0.05, 0.1) is 6.61 Å². The highest BCUT2D eigenvalue weighted by molar-refractivity contribution is 6.09. The van der Waals surface area contributed by atoms with Crippen molar-refractivity contribution in [3.8, 4) is 11.3 Å². The summed E-state index contributed by atoms with van der Waals surface area (Å²) in [6, 6.07) is 14.4. The zero-order valence-electron chi connectivity index (χ0n) is 14.1. The maximum atomic E-state index is 12.1. The Morgan fingerprint density at radius 2 is 1.88 bits per heavy atom. The van der Waals surface area contributed by atoms with Gasteiger partial charge in [-0.05, 0) is 32.0 Å². The summed E-state index contributed by atoms with van der Waals surface area (Å²) in [4.78, 5) is 12.1. The van der Waals surface area contributed by atoms with E-state index < -0.39 is 5.97 Å². The van der Waals surface area contributed by atoms with Gasteiger partial charge in [-0.25, -0.2) is 4.79 Å². The van der Waals surface area contributed by atoms with Gasteiger partial charge in [0, 0.05) is 33.9 Å². The summed E-state index contributed by atoms with van der Waals surface area (Å²) >= 11 is 0. The van der Waals surface area contributed by atoms with E-state index in [0.717, 1.165) is 23.0 Å². The van der Waals surface area contributed by atoms with Gasteiger partial charge in [0.1, 0.15) is 5.69 Å². The van der Waals surface area contributed by atoms with Crippen LogP contribution >= 0.6 is 0 Å². The standard InChI is InChI=1S/C19H18N4O2/c1-3-23-15-8-6-5-7-13(15)14-11-12(9-10-16(14)23)17-18(21-22-20-17)19(24)25-4-2/h5-11H,3-4H2,1-2H3,(H,20,21,22). The molecule has 0 aliphatic heterocycles. The summed E-state index contributed by atoms with van der Waals surface area (Å²) in [5, 5.41) is 13.0. The fourth-order valence-electron chi connectivity index (χ4n) is 3.32. The summed E-state index contributed by atoms with van der Waals surface area (Å²) in [5.41, 5.74) is 3.91. The van der Waals surface area contributed by atoms with Crippen LogP contribution in [-0.4, -0.2) is 32.6 Å². The number of nitrogens with zero attached hydrogens (tertiary/aromatic N) is 3. The number of aromatic amines is 1. The fraction of sp³-hybridized carbons (Fsp3) is 0.211. The topological polar surface area (TPSA) is 72.8 Å². The molecule has 6 heteroatoms. The highest BCUT2D eigenvalue weighted by Gasteiger charge is 2.20. The summed E-state index contributed by atoms with van der Waals surface area (Å²) in [5.74, 6) is -0.470. The van der Waals surface area contributed by atoms with Crippen molar-refractivity contribution in [3.63, 3.8) is 0 Å². The van der Waals surface area contributed by atoms with E-state index in [1.165, 1.54) is 10.9 Å². The van der Waals surface area contributed by atoms with E-state index in [1.807, 2.05) is 18.2 Å². The van der Waals surface area contributed by atoms with Gasteiger partial charge in [-0.15, -0.1) is 5.10 Å². The number of carbonyl (C=O) groups excluding carboxylic acids is 1. The van der Waals surface area contributed by atoms with E-state index in [1.54, 1.807) is 6.92 Å². The number of benzene rings is 2. The van der Waals surface area contributed by atoms with Crippen LogP contribution in [0.5, 0.6) is 0 Å². The Hall–Kier alpha value is -3.15. The minimum Gasteiger partial charge on any atom is -0.461 e. The number of esters is 1. The molecule has 25 heavy (non-hydrogen) atoms. The SMILES string of the molecule is CCOC(=O)c1n[nH]nc1-c1ccc2c(c1)c1ccccc1n2CC. The smallest absolute Gasteiger partial charge is 0.361 e. The second-order valence-corrected chi connectivity index (χ2v) is 5.73. The van der Waals surface area contributed by atoms with E-state index in [9.17, 15) is 4.79 Å². The molecule has 0 unspecified atom stereocenters. The van der Waals surface area contributed by atoms with Crippen molar-refractivity contribution < 1.29 is 9.53 Å². The van der Waals surface area contributed by atoms with Crippen molar-refractivity contribution in [2.75, 3.05) is 6.61 Å². The van der Waals surface area contributed by atoms with Gasteiger partial charge in [-0.1, -0.05) is 24.3 Å². The molecule has 0 atom stereocenters. The van der Waals surface area contributed by atoms with Gasteiger partial charge in [0.2, 0.25) is 0 Å². The van der Waals surface area contributed by atoms with Gasteiger partial charge in [0.25, 0.3) is 0 Å². The van der Waals surface area contributed by atoms with Gasteiger partial charge in [0.15, 0.2) is 5.69 Å². The number of hydrogen-bond donors (Lipinski definition) is 1. The first-order valence-corrected chi connectivity index (χ1v) is 8.33. The Labute approximate surface area is 144 Å². The Morgan fingerprint density at radius 1 is 1.08 bits per heavy atom. The van der Waals surface area contributed by atoms with Crippen molar-refractivity contribution in [3.05, 3.63) is 48.2 Å². The molecule has 0 saturated heterocycles. The number of aromatic nitrogens is 4. The Bertz CT molecular complexity index is 1080. The summed E-state index contributed by atoms with van der Waals surface area (Å²) in [6.45, 7) is 5.09. The maximum Gasteiger partial charge on any atom is 0.361 e. The van der Waals surface area contributed by atoms with Crippen LogP contribution in [0.15, 0.2) is 42.5 Å². The van der Waals surface area contributed by atoms with Crippen LogP contribution < -0.4 is 0 Å². The lowest BCUT2D eigenvalue weighted by Gasteiger charge is -2.04. The molecule has 2 aromatic carbocycles. The molecule has 4 rings (SSSR count). The van der Waals surface area contributed by atoms with Crippen molar-refractivity contribution in [1.82, 2.24) is 20.0 Å². The van der Waals surface area contributed by atoms with Gasteiger partial charge < -0.3 is 9.30 Å². The minimum absolute atomic E-state index is 0.209. The van der Waals surface area contributed by atoms with Crippen LogP contribution in [0, 0.1) is 0 Å². The largest absolute Gasteiger partial charge is 0.461 e. The van der Waals surface area contributed by atoms with E-state index in [-0.39, 0.29) is 5.69 Å². The van der Waals surface area contributed by atoms with E-state index in [0.29, 0.717) is 12.3 Å². The first-order valence-electron chi connectivity index (χ1n) is 8.33. The summed E-state index contributed by atoms with van der Waals surface area (Å²) in [6.07, 6.45) is 0. The van der Waals surface area contributed by atoms with E-state index >= 15 is 0 Å². The number of hydrogen-bond acceptors (Lipinski definition) is 4. The molecule has 0 radical (unpaired) electrons. The molecule has 0 amide bonds. The number of rotatable bonds is 4. The number of H-pyrrole nitrogens is 1. The molecule has 0 fully saturated rings. The zero-order chi connectivity index (χ0) is 17.4. The molecule has 4 aromatic rings. The molecular formula is C19H18N4O2. The van der Waals surface area contributed by atoms with Crippen molar-refractivity contribution in [1.29, 1.82) is 0 Å². The number of nitrogens with one attached hydrogen (secondary N) is 1. The molecule has 126 valence electrons. The van der Waals surface area contributed by atoms with Crippen LogP contribution in [0.25, 0.3) is 33.1 Å². The van der Waals surface area contributed by atoms with E-state index in [2.05, 4.69) is 51.2 Å². The molecule has 2 aromatic heterocycles. The molecule has 6 nitrogen and oxygen atoms in total. The normalized spacial score (nSPS) is 11.3. The first kappa shape index (κ1) is 15.4. The predicted octanol–water partition coefficient (Wildman–Crippen LogP) is 3.78. The number of aryl methyl sites for hydroxylation is 1. The molecule has 0 saturated carbocycles. The summed E-state index contributed by atoms with van der Waals surface area (Å²) in [7, 11) is 0. The van der Waals surface area contributed by atoms with Crippen LogP contribution in [0.4, 0.5) is 0 Å². The van der Waals surface area contributed by atoms with Crippen LogP contribution in [0.1, 0.15) is 24.3 Å². The summed E-state index contributed by atoms with van der Waals surface area (Å²) < 4.78 is 7.34. The molecule has 0 aliphatic rings. The van der Waals surface area contributed by atoms with Crippen LogP contribution in [-0.2, 0) is 11.3 Å². The number of fused-ring (bicyclic) bond motifs is 3. The Balaban J connectivity index is 1.93. The quantitative estimate of drug-likeness (QED) is 0.577. The number of para-hydroxylation sites is 1. The lowest BCUT2D eigenvalue weighted by atomic mass is 10.1. The average Bonchev–Trinajstić information content (AvgIpc) is 3.24. The van der Waals surface area contributed by atoms with Gasteiger partial charge >= 0.3 is 5.97 Å². The van der Waals surface area contributed by atoms with Crippen molar-refractivity contribution >= 4 is 27.8 Å². The number of ether oxygens (including phenoxy) is 1. The number of carbonyl (C=O) groups is 1. The molecule has 0 bridgehead atoms. The fourth-order valence-corrected chi connectivity index (χ4v) is 3.32. The zero-order valence-corrected chi connectivity index (χ0v) is 14.1. The average molecular weight is 334 g/mol. The Kier molecular flexibility index (Phi) is 3.72. The minimum atomic E-state index is -0.470. The third kappa shape index (κ3) is 2.38. The van der Waals surface area contributed by atoms with Crippen LogP contribution in [0.2, 0.25) is 0 Å². The second-order valence-electron chi connectivity index (χ2n) is 5.73. The molecule has 0 aliphatic carbocycles. The van der Waals surface area contributed by atoms with Gasteiger partial charge in [-0.2, -0.15) is 10.3 Å². The van der Waals surface area contributed by atoms with Crippen LogP contribution in [0.3, 0.4) is 0 Å². The third-order valence-electron chi connectivity index (χ3n) is 4.38. The second kappa shape index (κ2) is 6.05. The van der Waals surface area contributed by atoms with Gasteiger partial charge in [-0.3, -0.25) is 0 Å². The van der Waals surface area contributed by atoms with Crippen molar-refractivity contribution in [2.45, 2.75) is 20.4 Å².